The summed E-state index contributed by atoms with van der Waals surface area (Å²) in [6, 6.07) is 14.7. The number of benzene rings is 3. The molecule has 0 bridgehead atoms. The van der Waals surface area contributed by atoms with Gasteiger partial charge in [0.1, 0.15) is 5.70 Å². The monoisotopic (exact) mass is 458 g/mol. The van der Waals surface area contributed by atoms with Crippen molar-refractivity contribution in [2.75, 3.05) is 10.2 Å². The van der Waals surface area contributed by atoms with Gasteiger partial charge in [-0.15, -0.1) is 0 Å². The van der Waals surface area contributed by atoms with Crippen molar-refractivity contribution in [3.8, 4) is 0 Å². The molecule has 0 aromatic heterocycles. The molecule has 156 valence electrons. The molecular formula is C23H14Cl2F2N2O2. The van der Waals surface area contributed by atoms with E-state index in [1.807, 2.05) is 6.92 Å². The molecule has 4 rings (SSSR count). The zero-order valence-electron chi connectivity index (χ0n) is 16.0. The van der Waals surface area contributed by atoms with Crippen LogP contribution in [0.4, 0.5) is 20.2 Å². The van der Waals surface area contributed by atoms with Gasteiger partial charge in [-0.3, -0.25) is 9.59 Å². The maximum atomic E-state index is 13.7. The number of rotatable bonds is 4. The van der Waals surface area contributed by atoms with Gasteiger partial charge in [-0.2, -0.15) is 0 Å². The molecular weight excluding hydrogens is 445 g/mol. The van der Waals surface area contributed by atoms with Crippen LogP contribution in [-0.4, -0.2) is 11.8 Å². The number of hydrogen-bond donors (Lipinski definition) is 1. The molecule has 3 aromatic carbocycles. The van der Waals surface area contributed by atoms with Crippen molar-refractivity contribution >= 4 is 52.0 Å². The number of carbonyl (C=O) groups excluding carboxylic acids is 2. The fraction of sp³-hybridized carbons (Fsp3) is 0.0435. The van der Waals surface area contributed by atoms with Crippen molar-refractivity contribution in [1.29, 1.82) is 0 Å². The summed E-state index contributed by atoms with van der Waals surface area (Å²) in [5, 5.41) is 2.99. The van der Waals surface area contributed by atoms with Gasteiger partial charge in [-0.05, 0) is 36.8 Å². The lowest BCUT2D eigenvalue weighted by Gasteiger charge is -2.17. The first kappa shape index (κ1) is 21.0. The van der Waals surface area contributed by atoms with Crippen molar-refractivity contribution in [1.82, 2.24) is 0 Å². The van der Waals surface area contributed by atoms with Crippen molar-refractivity contribution in [3.63, 3.8) is 0 Å². The number of carbonyl (C=O) groups is 2. The summed E-state index contributed by atoms with van der Waals surface area (Å²) in [5.41, 5.74) is 1.66. The fourth-order valence-electron chi connectivity index (χ4n) is 3.24. The van der Waals surface area contributed by atoms with E-state index in [2.05, 4.69) is 5.32 Å². The molecule has 0 atom stereocenters. The van der Waals surface area contributed by atoms with Crippen LogP contribution < -0.4 is 10.2 Å². The van der Waals surface area contributed by atoms with Crippen LogP contribution in [-0.2, 0) is 9.59 Å². The number of nitrogens with one attached hydrogen (secondary N) is 1. The number of aryl methyl sites for hydroxylation is 1. The third-order valence-corrected chi connectivity index (χ3v) is 5.59. The van der Waals surface area contributed by atoms with E-state index in [1.54, 1.807) is 30.3 Å². The zero-order chi connectivity index (χ0) is 22.3. The number of halogens is 4. The molecule has 0 radical (unpaired) electrons. The van der Waals surface area contributed by atoms with Crippen LogP contribution in [0.2, 0.25) is 10.0 Å². The standard InChI is InChI=1S/C23H14Cl2F2N2O2/c1-12-5-7-13(8-6-12)19-21(28-14-9-10-16(26)17(27)11-14)23(31)29(22(19)30)18-4-2-3-15(24)20(18)25/h2-11,28H,1H3. The summed E-state index contributed by atoms with van der Waals surface area (Å²) in [7, 11) is 0. The quantitative estimate of drug-likeness (QED) is 0.489. The molecule has 4 nitrogen and oxygen atoms in total. The molecule has 1 heterocycles. The van der Waals surface area contributed by atoms with Gasteiger partial charge in [0.15, 0.2) is 11.6 Å². The molecule has 3 aromatic rings. The number of imide groups is 1. The highest BCUT2D eigenvalue weighted by Crippen LogP contribution is 2.39. The Kier molecular flexibility index (Phi) is 5.52. The van der Waals surface area contributed by atoms with Crippen molar-refractivity contribution in [2.24, 2.45) is 0 Å². The van der Waals surface area contributed by atoms with E-state index >= 15 is 0 Å². The fourth-order valence-corrected chi connectivity index (χ4v) is 3.62. The van der Waals surface area contributed by atoms with Gasteiger partial charge in [0.05, 0.1) is 21.3 Å². The Balaban J connectivity index is 1.85. The van der Waals surface area contributed by atoms with Gasteiger partial charge < -0.3 is 5.32 Å². The molecule has 2 amide bonds. The first-order valence-electron chi connectivity index (χ1n) is 9.14. The Morgan fingerprint density at radius 1 is 0.871 bits per heavy atom. The van der Waals surface area contributed by atoms with Crippen molar-refractivity contribution < 1.29 is 18.4 Å². The summed E-state index contributed by atoms with van der Waals surface area (Å²) in [6.07, 6.45) is 0. The van der Waals surface area contributed by atoms with Gasteiger partial charge in [0.25, 0.3) is 11.8 Å². The predicted molar refractivity (Wildman–Crippen MR) is 117 cm³/mol. The SMILES string of the molecule is Cc1ccc(C2=C(Nc3ccc(F)c(F)c3)C(=O)N(c3cccc(Cl)c3Cl)C2=O)cc1. The molecule has 1 aliphatic heterocycles. The zero-order valence-corrected chi connectivity index (χ0v) is 17.6. The van der Waals surface area contributed by atoms with Gasteiger partial charge in [0, 0.05) is 11.8 Å². The highest BCUT2D eigenvalue weighted by molar-refractivity contribution is 6.50. The first-order chi connectivity index (χ1) is 14.8. The summed E-state index contributed by atoms with van der Waals surface area (Å²) < 4.78 is 27.0. The Labute approximate surface area is 186 Å². The molecule has 0 aliphatic carbocycles. The predicted octanol–water partition coefficient (Wildman–Crippen LogP) is 5.98. The molecule has 1 aliphatic rings. The second-order valence-corrected chi connectivity index (χ2v) is 7.67. The van der Waals surface area contributed by atoms with Crippen LogP contribution in [0.3, 0.4) is 0 Å². The Morgan fingerprint density at radius 2 is 1.58 bits per heavy atom. The Morgan fingerprint density at radius 3 is 2.26 bits per heavy atom. The van der Waals surface area contributed by atoms with Gasteiger partial charge in [-0.1, -0.05) is 59.1 Å². The highest BCUT2D eigenvalue weighted by Gasteiger charge is 2.41. The first-order valence-corrected chi connectivity index (χ1v) is 9.89. The van der Waals surface area contributed by atoms with E-state index in [9.17, 15) is 18.4 Å². The van der Waals surface area contributed by atoms with E-state index in [0.29, 0.717) is 5.56 Å². The molecule has 0 unspecified atom stereocenters. The van der Waals surface area contributed by atoms with Gasteiger partial charge >= 0.3 is 0 Å². The van der Waals surface area contributed by atoms with Gasteiger partial charge in [-0.25, -0.2) is 13.7 Å². The molecule has 0 saturated heterocycles. The van der Waals surface area contributed by atoms with Crippen LogP contribution in [0.15, 0.2) is 66.4 Å². The van der Waals surface area contributed by atoms with Crippen LogP contribution in [0.5, 0.6) is 0 Å². The summed E-state index contributed by atoms with van der Waals surface area (Å²) >= 11 is 12.3. The number of hydrogen-bond acceptors (Lipinski definition) is 3. The highest BCUT2D eigenvalue weighted by atomic mass is 35.5. The third-order valence-electron chi connectivity index (χ3n) is 4.79. The maximum absolute atomic E-state index is 13.7. The summed E-state index contributed by atoms with van der Waals surface area (Å²) in [6.45, 7) is 1.89. The van der Waals surface area contributed by atoms with Crippen LogP contribution in [0.1, 0.15) is 11.1 Å². The van der Waals surface area contributed by atoms with Gasteiger partial charge in [0.2, 0.25) is 0 Å². The topological polar surface area (TPSA) is 49.4 Å². The number of anilines is 2. The van der Waals surface area contributed by atoms with E-state index in [1.165, 1.54) is 18.2 Å². The maximum Gasteiger partial charge on any atom is 0.282 e. The summed E-state index contributed by atoms with van der Waals surface area (Å²) in [5.74, 6) is -3.44. The van der Waals surface area contributed by atoms with E-state index in [4.69, 9.17) is 23.2 Å². The Hall–Kier alpha value is -3.22. The lowest BCUT2D eigenvalue weighted by atomic mass is 10.0. The summed E-state index contributed by atoms with van der Waals surface area (Å²) in [4.78, 5) is 27.6. The van der Waals surface area contributed by atoms with Crippen LogP contribution in [0.25, 0.3) is 5.57 Å². The molecule has 0 fully saturated rings. The molecule has 0 spiro atoms. The smallest absolute Gasteiger partial charge is 0.282 e. The third kappa shape index (κ3) is 3.80. The van der Waals surface area contributed by atoms with Crippen molar-refractivity contribution in [3.05, 3.63) is 99.2 Å². The average Bonchev–Trinajstić information content (AvgIpc) is 2.97. The van der Waals surface area contributed by atoms with E-state index < -0.39 is 23.4 Å². The minimum absolute atomic E-state index is 0.0446. The average molecular weight is 459 g/mol. The number of nitrogens with zero attached hydrogens (tertiary/aromatic N) is 1. The lowest BCUT2D eigenvalue weighted by molar-refractivity contribution is -0.120. The lowest BCUT2D eigenvalue weighted by Crippen LogP contribution is -2.32. The molecule has 1 N–H and O–H groups in total. The van der Waals surface area contributed by atoms with Crippen LogP contribution in [0, 0.1) is 18.6 Å². The second kappa shape index (κ2) is 8.13. The molecule has 31 heavy (non-hydrogen) atoms. The normalized spacial score (nSPS) is 13.9. The minimum Gasteiger partial charge on any atom is -0.350 e. The van der Waals surface area contributed by atoms with E-state index in [-0.39, 0.29) is 32.7 Å². The molecule has 8 heteroatoms. The largest absolute Gasteiger partial charge is 0.350 e. The second-order valence-electron chi connectivity index (χ2n) is 6.89. The van der Waals surface area contributed by atoms with Crippen molar-refractivity contribution in [2.45, 2.75) is 6.92 Å². The molecule has 0 saturated carbocycles. The Bertz CT molecular complexity index is 1260. The van der Waals surface area contributed by atoms with E-state index in [0.717, 1.165) is 22.6 Å². The number of amides is 2. The minimum atomic E-state index is -1.09. The van der Waals surface area contributed by atoms with Crippen LogP contribution >= 0.6 is 23.2 Å².